The van der Waals surface area contributed by atoms with Crippen LogP contribution in [0.15, 0.2) is 58.0 Å². The Morgan fingerprint density at radius 2 is 1.57 bits per heavy atom. The van der Waals surface area contributed by atoms with E-state index in [0.29, 0.717) is 11.3 Å². The summed E-state index contributed by atoms with van der Waals surface area (Å²) in [5, 5.41) is 36.6. The Kier molecular flexibility index (Phi) is 5.69. The molecule has 13 heteroatoms. The van der Waals surface area contributed by atoms with Gasteiger partial charge in [0.1, 0.15) is 17.2 Å². The van der Waals surface area contributed by atoms with Crippen molar-refractivity contribution in [2.24, 2.45) is 5.10 Å². The van der Waals surface area contributed by atoms with Crippen LogP contribution in [0.1, 0.15) is 5.76 Å². The average Bonchev–Trinajstić information content (AvgIpc) is 3.16. The Morgan fingerprint density at radius 1 is 0.900 bits per heavy atom. The van der Waals surface area contributed by atoms with E-state index >= 15 is 0 Å². The molecule has 12 nitrogen and oxygen atoms in total. The summed E-state index contributed by atoms with van der Waals surface area (Å²) in [6.45, 7) is 0. The summed E-state index contributed by atoms with van der Waals surface area (Å²) in [6, 6.07) is 10.1. The van der Waals surface area contributed by atoms with E-state index in [0.717, 1.165) is 18.2 Å². The fourth-order valence-corrected chi connectivity index (χ4v) is 2.70. The molecule has 0 amide bonds. The monoisotopic (exact) mass is 431 g/mol. The van der Waals surface area contributed by atoms with Gasteiger partial charge in [-0.3, -0.25) is 35.8 Å². The van der Waals surface area contributed by atoms with Crippen LogP contribution in [0.25, 0.3) is 11.3 Å². The molecule has 3 aromatic rings. The molecule has 0 atom stereocenters. The molecule has 3 rings (SSSR count). The highest BCUT2D eigenvalue weighted by Gasteiger charge is 2.19. The second-order valence-corrected chi connectivity index (χ2v) is 6.12. The zero-order chi connectivity index (χ0) is 21.8. The van der Waals surface area contributed by atoms with Gasteiger partial charge >= 0.3 is 5.69 Å². The highest BCUT2D eigenvalue weighted by molar-refractivity contribution is 6.33. The zero-order valence-electron chi connectivity index (χ0n) is 14.7. The predicted octanol–water partition coefficient (Wildman–Crippen LogP) is 4.77. The summed E-state index contributed by atoms with van der Waals surface area (Å²) in [5.41, 5.74) is 1.72. The fourth-order valence-electron chi connectivity index (χ4n) is 2.43. The number of halogens is 1. The highest BCUT2D eigenvalue weighted by atomic mass is 35.5. The van der Waals surface area contributed by atoms with Crippen molar-refractivity contribution < 1.29 is 19.2 Å². The third-order valence-electron chi connectivity index (χ3n) is 3.82. The first-order valence-corrected chi connectivity index (χ1v) is 8.40. The van der Waals surface area contributed by atoms with Gasteiger partial charge in [0.15, 0.2) is 0 Å². The maximum atomic E-state index is 11.1. The molecule has 1 aromatic heterocycles. The maximum Gasteiger partial charge on any atom is 0.301 e. The number of nitro groups is 3. The van der Waals surface area contributed by atoms with Gasteiger partial charge < -0.3 is 4.42 Å². The summed E-state index contributed by atoms with van der Waals surface area (Å²) in [4.78, 5) is 30.6. The van der Waals surface area contributed by atoms with Crippen LogP contribution in [0.2, 0.25) is 5.02 Å². The summed E-state index contributed by atoms with van der Waals surface area (Å²) < 4.78 is 5.55. The largest absolute Gasteiger partial charge is 0.455 e. The average molecular weight is 432 g/mol. The summed E-state index contributed by atoms with van der Waals surface area (Å²) >= 11 is 6.06. The molecule has 1 heterocycles. The van der Waals surface area contributed by atoms with E-state index in [2.05, 4.69) is 10.5 Å². The van der Waals surface area contributed by atoms with Crippen molar-refractivity contribution in [1.29, 1.82) is 0 Å². The zero-order valence-corrected chi connectivity index (χ0v) is 15.5. The molecule has 0 aliphatic rings. The number of furan rings is 1. The number of hydrogen-bond acceptors (Lipinski definition) is 9. The number of non-ortho nitro benzene ring substituents is 2. The van der Waals surface area contributed by atoms with Crippen LogP contribution in [0, 0.1) is 30.3 Å². The van der Waals surface area contributed by atoms with Gasteiger partial charge in [-0.25, -0.2) is 0 Å². The van der Waals surface area contributed by atoms with Gasteiger partial charge in [0.2, 0.25) is 0 Å². The second kappa shape index (κ2) is 8.36. The third-order valence-corrected chi connectivity index (χ3v) is 4.13. The predicted molar refractivity (Wildman–Crippen MR) is 107 cm³/mol. The van der Waals surface area contributed by atoms with E-state index in [1.807, 2.05) is 0 Å². The molecule has 0 aliphatic carbocycles. The molecule has 0 bridgehead atoms. The van der Waals surface area contributed by atoms with E-state index in [-0.39, 0.29) is 22.2 Å². The second-order valence-electron chi connectivity index (χ2n) is 5.71. The molecule has 0 saturated heterocycles. The van der Waals surface area contributed by atoms with Gasteiger partial charge in [-0.15, -0.1) is 0 Å². The topological polar surface area (TPSA) is 167 Å². The third kappa shape index (κ3) is 4.39. The summed E-state index contributed by atoms with van der Waals surface area (Å²) in [5.74, 6) is 0.592. The van der Waals surface area contributed by atoms with E-state index < -0.39 is 26.1 Å². The van der Waals surface area contributed by atoms with Gasteiger partial charge in [0.25, 0.3) is 11.4 Å². The molecule has 0 fully saturated rings. The summed E-state index contributed by atoms with van der Waals surface area (Å²) in [6.07, 6.45) is 1.23. The van der Waals surface area contributed by atoms with Gasteiger partial charge in [-0.2, -0.15) is 5.10 Å². The first-order valence-electron chi connectivity index (χ1n) is 8.02. The van der Waals surface area contributed by atoms with E-state index in [1.165, 1.54) is 24.4 Å². The molecule has 0 radical (unpaired) electrons. The molecule has 30 heavy (non-hydrogen) atoms. The lowest BCUT2D eigenvalue weighted by Gasteiger charge is -2.01. The number of benzene rings is 2. The van der Waals surface area contributed by atoms with Crippen molar-refractivity contribution in [3.05, 3.63) is 89.7 Å². The standard InChI is InChI=1S/C17H10ClN5O7/c18-14-7-10(21(24)25)1-4-13(14)17-6-3-12(30-17)9-19-20-15-5-2-11(22(26)27)8-16(15)23(28)29/h1-9,20H/b19-9-. The van der Waals surface area contributed by atoms with Crippen LogP contribution in [-0.2, 0) is 0 Å². The first kappa shape index (κ1) is 20.4. The molecule has 152 valence electrons. The number of nitrogens with one attached hydrogen (secondary N) is 1. The smallest absolute Gasteiger partial charge is 0.301 e. The lowest BCUT2D eigenvalue weighted by atomic mass is 10.1. The Bertz CT molecular complexity index is 1190. The van der Waals surface area contributed by atoms with Crippen molar-refractivity contribution in [2.45, 2.75) is 0 Å². The lowest BCUT2D eigenvalue weighted by molar-refractivity contribution is -0.393. The van der Waals surface area contributed by atoms with E-state index in [1.54, 1.807) is 12.1 Å². The quantitative estimate of drug-likeness (QED) is 0.317. The van der Waals surface area contributed by atoms with Crippen LogP contribution in [0.3, 0.4) is 0 Å². The van der Waals surface area contributed by atoms with Crippen LogP contribution >= 0.6 is 11.6 Å². The molecule has 0 saturated carbocycles. The van der Waals surface area contributed by atoms with Crippen LogP contribution in [0.4, 0.5) is 22.7 Å². The Morgan fingerprint density at radius 3 is 2.20 bits per heavy atom. The normalized spacial score (nSPS) is 10.8. The SMILES string of the molecule is O=[N+]([O-])c1ccc(-c2ccc(/C=N\Nc3ccc([N+](=O)[O-])cc3[N+](=O)[O-])o2)c(Cl)c1. The molecular weight excluding hydrogens is 422 g/mol. The van der Waals surface area contributed by atoms with Crippen molar-refractivity contribution >= 4 is 40.6 Å². The molecule has 1 N–H and O–H groups in total. The van der Waals surface area contributed by atoms with E-state index in [9.17, 15) is 30.3 Å². The highest BCUT2D eigenvalue weighted by Crippen LogP contribution is 2.32. The van der Waals surface area contributed by atoms with Crippen LogP contribution < -0.4 is 5.43 Å². The summed E-state index contributed by atoms with van der Waals surface area (Å²) in [7, 11) is 0. The van der Waals surface area contributed by atoms with Gasteiger partial charge in [-0.1, -0.05) is 11.6 Å². The van der Waals surface area contributed by atoms with E-state index in [4.69, 9.17) is 16.0 Å². The van der Waals surface area contributed by atoms with Gasteiger partial charge in [0, 0.05) is 23.8 Å². The van der Waals surface area contributed by atoms with Crippen LogP contribution in [0.5, 0.6) is 0 Å². The molecule has 0 unspecified atom stereocenters. The van der Waals surface area contributed by atoms with Gasteiger partial charge in [0.05, 0.1) is 32.1 Å². The number of rotatable bonds is 7. The minimum Gasteiger partial charge on any atom is -0.455 e. The molecular formula is C17H10ClN5O7. The van der Waals surface area contributed by atoms with Crippen molar-refractivity contribution in [2.75, 3.05) is 5.43 Å². The maximum absolute atomic E-state index is 11.1. The molecule has 0 spiro atoms. The Hall–Kier alpha value is -4.32. The van der Waals surface area contributed by atoms with Crippen molar-refractivity contribution in [3.63, 3.8) is 0 Å². The Balaban J connectivity index is 1.78. The number of anilines is 1. The number of nitro benzene ring substituents is 3. The minimum absolute atomic E-state index is 0.0490. The van der Waals surface area contributed by atoms with Crippen molar-refractivity contribution in [1.82, 2.24) is 0 Å². The lowest BCUT2D eigenvalue weighted by Crippen LogP contribution is -1.98. The van der Waals surface area contributed by atoms with Crippen molar-refractivity contribution in [3.8, 4) is 11.3 Å². The fraction of sp³-hybridized carbons (Fsp3) is 0. The first-order chi connectivity index (χ1) is 14.3. The molecule has 0 aliphatic heterocycles. The number of nitrogens with zero attached hydrogens (tertiary/aromatic N) is 4. The minimum atomic E-state index is -0.771. The van der Waals surface area contributed by atoms with Gasteiger partial charge in [-0.05, 0) is 24.3 Å². The molecule has 2 aromatic carbocycles. The van der Waals surface area contributed by atoms with Crippen LogP contribution in [-0.4, -0.2) is 21.0 Å². The number of hydrogen-bond donors (Lipinski definition) is 1. The number of hydrazone groups is 1. The Labute approximate surface area is 171 Å².